The van der Waals surface area contributed by atoms with E-state index >= 15 is 0 Å². The van der Waals surface area contributed by atoms with E-state index in [0.29, 0.717) is 5.75 Å². The fourth-order valence-electron chi connectivity index (χ4n) is 3.94. The van der Waals surface area contributed by atoms with Crippen molar-refractivity contribution in [2.75, 3.05) is 7.11 Å². The topological polar surface area (TPSA) is 107 Å². The summed E-state index contributed by atoms with van der Waals surface area (Å²) < 4.78 is 10.3. The molecule has 2 aliphatic heterocycles. The van der Waals surface area contributed by atoms with Gasteiger partial charge in [-0.2, -0.15) is 0 Å². The van der Waals surface area contributed by atoms with Gasteiger partial charge in [-0.1, -0.05) is 33.3 Å². The highest BCUT2D eigenvalue weighted by molar-refractivity contribution is 9.10. The second-order valence-corrected chi connectivity index (χ2v) is 11.2. The average molecular weight is 511 g/mol. The first-order valence-electron chi connectivity index (χ1n) is 9.63. The predicted molar refractivity (Wildman–Crippen MR) is 117 cm³/mol. The van der Waals surface area contributed by atoms with Gasteiger partial charge in [0.15, 0.2) is 4.32 Å². The van der Waals surface area contributed by atoms with Crippen molar-refractivity contribution in [1.82, 2.24) is 19.9 Å². The Morgan fingerprint density at radius 1 is 1.35 bits per heavy atom. The first kappa shape index (κ1) is 22.1. The van der Waals surface area contributed by atoms with Crippen molar-refractivity contribution in [2.24, 2.45) is 7.05 Å². The molecule has 0 bridgehead atoms. The van der Waals surface area contributed by atoms with Crippen molar-refractivity contribution in [2.45, 2.75) is 47.0 Å². The number of fused-ring (bicyclic) bond motifs is 1. The predicted octanol–water partition coefficient (Wildman–Crippen LogP) is 1.80. The normalized spacial score (nSPS) is 27.4. The Kier molecular flexibility index (Phi) is 5.55. The minimum absolute atomic E-state index is 0.0917. The third kappa shape index (κ3) is 3.52. The van der Waals surface area contributed by atoms with Crippen LogP contribution in [0.15, 0.2) is 30.5 Å². The number of nitrogens with zero attached hydrogens (tertiary/aromatic N) is 4. The van der Waals surface area contributed by atoms with Crippen molar-refractivity contribution < 1.29 is 24.2 Å². The maximum atomic E-state index is 13.2. The van der Waals surface area contributed by atoms with Crippen LogP contribution in [0.1, 0.15) is 31.2 Å². The number of carbonyl (C=O) groups is 2. The summed E-state index contributed by atoms with van der Waals surface area (Å²) in [7, 11) is 3.27. The van der Waals surface area contributed by atoms with Gasteiger partial charge in [-0.25, -0.2) is 4.79 Å². The summed E-state index contributed by atoms with van der Waals surface area (Å²) in [5.41, 5.74) is 1.10. The van der Waals surface area contributed by atoms with Gasteiger partial charge in [0.1, 0.15) is 35.6 Å². The molecule has 0 radical (unpaired) electrons. The number of thioether (sulfide) groups is 1. The molecule has 3 heterocycles. The van der Waals surface area contributed by atoms with E-state index in [0.717, 1.165) is 5.56 Å². The Labute approximate surface area is 192 Å². The quantitative estimate of drug-likeness (QED) is 0.356. The van der Waals surface area contributed by atoms with E-state index in [2.05, 4.69) is 26.2 Å². The van der Waals surface area contributed by atoms with Crippen LogP contribution < -0.4 is 4.74 Å². The number of aromatic nitrogens is 3. The van der Waals surface area contributed by atoms with Gasteiger partial charge in [-0.05, 0) is 31.5 Å². The van der Waals surface area contributed by atoms with Crippen LogP contribution in [0, 0.1) is 0 Å². The highest BCUT2D eigenvalue weighted by atomic mass is 79.9. The summed E-state index contributed by atoms with van der Waals surface area (Å²) in [6.45, 7) is 3.88. The minimum Gasteiger partial charge on any atom is -0.497 e. The summed E-state index contributed by atoms with van der Waals surface area (Å²) in [6.07, 6.45) is 0.363. The Morgan fingerprint density at radius 2 is 2.03 bits per heavy atom. The van der Waals surface area contributed by atoms with E-state index in [1.54, 1.807) is 32.5 Å². The van der Waals surface area contributed by atoms with Crippen molar-refractivity contribution in [3.63, 3.8) is 0 Å². The summed E-state index contributed by atoms with van der Waals surface area (Å²) in [4.78, 5) is 27.6. The molecule has 31 heavy (non-hydrogen) atoms. The molecule has 1 aromatic carbocycles. The molecule has 0 spiro atoms. The third-order valence-corrected chi connectivity index (χ3v) is 8.75. The fraction of sp³-hybridized carbons (Fsp3) is 0.500. The molecule has 2 fully saturated rings. The molecule has 0 unspecified atom stereocenters. The Hall–Kier alpha value is -2.11. The van der Waals surface area contributed by atoms with Crippen LogP contribution >= 0.6 is 27.7 Å². The summed E-state index contributed by atoms with van der Waals surface area (Å²) in [5.74, 6) is -0.138. The van der Waals surface area contributed by atoms with E-state index in [1.165, 1.54) is 21.3 Å². The van der Waals surface area contributed by atoms with Gasteiger partial charge in [0.05, 0.1) is 13.3 Å². The van der Waals surface area contributed by atoms with Crippen molar-refractivity contribution in [3.05, 3.63) is 41.7 Å². The molecule has 9 nitrogen and oxygen atoms in total. The number of hydrogen-bond donors (Lipinski definition) is 1. The molecule has 1 N–H and O–H groups in total. The number of carbonyl (C=O) groups excluding carboxylic acids is 2. The lowest BCUT2D eigenvalue weighted by molar-refractivity contribution is -0.168. The molecule has 1 amide bonds. The fourth-order valence-corrected chi connectivity index (χ4v) is 6.53. The van der Waals surface area contributed by atoms with Crippen molar-refractivity contribution >= 4 is 39.6 Å². The lowest BCUT2D eigenvalue weighted by atomic mass is 9.86. The van der Waals surface area contributed by atoms with E-state index < -0.39 is 32.6 Å². The minimum atomic E-state index is -1.28. The number of amides is 1. The van der Waals surface area contributed by atoms with Gasteiger partial charge in [0.25, 0.3) is 0 Å². The number of benzene rings is 1. The maximum Gasteiger partial charge on any atom is 0.330 e. The molecule has 4 rings (SSSR count). The number of rotatable bonds is 6. The summed E-state index contributed by atoms with van der Waals surface area (Å²) in [5, 5.41) is 18.2. The van der Waals surface area contributed by atoms with Crippen LogP contribution in [-0.2, 0) is 28.0 Å². The Bertz CT molecular complexity index is 1010. The number of aliphatic hydroxyl groups excluding tert-OH is 1. The van der Waals surface area contributed by atoms with Crippen LogP contribution in [0.4, 0.5) is 0 Å². The van der Waals surface area contributed by atoms with E-state index in [4.69, 9.17) is 9.47 Å². The van der Waals surface area contributed by atoms with Gasteiger partial charge in [0.2, 0.25) is 5.91 Å². The van der Waals surface area contributed by atoms with Crippen molar-refractivity contribution in [1.29, 1.82) is 0 Å². The number of esters is 1. The van der Waals surface area contributed by atoms with Crippen LogP contribution in [-0.4, -0.2) is 64.5 Å². The molecule has 11 heteroatoms. The van der Waals surface area contributed by atoms with Crippen molar-refractivity contribution in [3.8, 4) is 5.75 Å². The van der Waals surface area contributed by atoms with Gasteiger partial charge < -0.3 is 19.5 Å². The van der Waals surface area contributed by atoms with E-state index in [9.17, 15) is 14.7 Å². The zero-order valence-corrected chi connectivity index (χ0v) is 19.9. The summed E-state index contributed by atoms with van der Waals surface area (Å²) >= 11 is 4.91. The van der Waals surface area contributed by atoms with E-state index in [1.807, 2.05) is 26.0 Å². The van der Waals surface area contributed by atoms with Crippen LogP contribution in [0.3, 0.4) is 0 Å². The highest BCUT2D eigenvalue weighted by Gasteiger charge is 2.73. The molecule has 2 aliphatic rings. The maximum absolute atomic E-state index is 13.2. The van der Waals surface area contributed by atoms with E-state index in [-0.39, 0.29) is 18.2 Å². The number of methoxy groups -OCH3 is 1. The van der Waals surface area contributed by atoms with Gasteiger partial charge in [-0.15, -0.1) is 16.9 Å². The Morgan fingerprint density at radius 3 is 2.61 bits per heavy atom. The number of alkyl halides is 1. The van der Waals surface area contributed by atoms with Crippen LogP contribution in [0.5, 0.6) is 5.75 Å². The van der Waals surface area contributed by atoms with Gasteiger partial charge >= 0.3 is 5.97 Å². The molecule has 0 aliphatic carbocycles. The van der Waals surface area contributed by atoms with Crippen LogP contribution in [0.2, 0.25) is 0 Å². The molecule has 4 atom stereocenters. The number of aliphatic hydroxyl groups is 1. The number of aryl methyl sites for hydroxylation is 1. The molecule has 2 saturated heterocycles. The Balaban J connectivity index is 1.50. The number of halogens is 1. The number of β-lactam (4-membered cyclic amide) rings is 1. The lowest BCUT2D eigenvalue weighted by Gasteiger charge is -2.51. The first-order chi connectivity index (χ1) is 14.6. The van der Waals surface area contributed by atoms with Gasteiger partial charge in [-0.3, -0.25) is 9.48 Å². The zero-order chi connectivity index (χ0) is 22.6. The summed E-state index contributed by atoms with van der Waals surface area (Å²) in [6, 6.07) is 6.45. The monoisotopic (exact) mass is 510 g/mol. The number of ether oxygens (including phenoxy) is 2. The number of hydrogen-bond acceptors (Lipinski definition) is 8. The molecule has 2 aromatic rings. The second kappa shape index (κ2) is 7.79. The average Bonchev–Trinajstić information content (AvgIpc) is 3.30. The highest BCUT2D eigenvalue weighted by Crippen LogP contribution is 2.61. The standard InChI is InChI=1S/C20H23BrN4O5S/c1-19(2)14(16(27)30-10-11-5-7-12(29-4)8-6-11)25-17(28)20(21,18(25)31-19)15(26)13-9-24(3)23-22-13/h5-9,14-15,18,26H,10H2,1-4H3/t14-,15-,18+,20-/m0/s1. The lowest BCUT2D eigenvalue weighted by Crippen LogP contribution is -2.72. The SMILES string of the molecule is COc1ccc(COC(=O)[C@@H]2N3C(=O)[C@@](Br)([C@@H](O)c4cn(C)nn4)[C@H]3SC2(C)C)cc1. The first-order valence-corrected chi connectivity index (χ1v) is 11.3. The molecular weight excluding hydrogens is 488 g/mol. The van der Waals surface area contributed by atoms with Crippen LogP contribution in [0.25, 0.3) is 0 Å². The molecule has 1 aromatic heterocycles. The second-order valence-electron chi connectivity index (χ2n) is 8.13. The largest absolute Gasteiger partial charge is 0.497 e. The van der Waals surface area contributed by atoms with Gasteiger partial charge in [0, 0.05) is 11.8 Å². The smallest absolute Gasteiger partial charge is 0.330 e. The molecule has 0 saturated carbocycles. The zero-order valence-electron chi connectivity index (χ0n) is 17.5. The molecule has 166 valence electrons. The molecular formula is C20H23BrN4O5S. The third-order valence-electron chi connectivity index (χ3n) is 5.59.